The molecule has 3 rings (SSSR count). The average Bonchev–Trinajstić information content (AvgIpc) is 3.08. The first-order valence-corrected chi connectivity index (χ1v) is 11.3. The van der Waals surface area contributed by atoms with Gasteiger partial charge < -0.3 is 9.88 Å². The van der Waals surface area contributed by atoms with Gasteiger partial charge in [0.1, 0.15) is 0 Å². The molecule has 166 valence electrons. The van der Waals surface area contributed by atoms with E-state index in [1.165, 1.54) is 23.4 Å². The standard InChI is InChI=1S/C22H29N5O3S/c1-7-8-9-27-18-19(25(5)22(30)26(6)20(18)29)24-21(27)31-12-16(28)23-17-14(3)10-13(2)11-15(17)4/h10-11H,7-9,12H2,1-6H3,(H,23,28). The molecule has 1 N–H and O–H groups in total. The predicted octanol–water partition coefficient (Wildman–Crippen LogP) is 2.89. The van der Waals surface area contributed by atoms with Gasteiger partial charge in [-0.2, -0.15) is 0 Å². The summed E-state index contributed by atoms with van der Waals surface area (Å²) in [5.41, 5.74) is 3.96. The number of hydrogen-bond donors (Lipinski definition) is 1. The minimum Gasteiger partial charge on any atom is -0.325 e. The highest BCUT2D eigenvalue weighted by Gasteiger charge is 2.20. The van der Waals surface area contributed by atoms with Crippen LogP contribution in [-0.2, 0) is 25.4 Å². The van der Waals surface area contributed by atoms with Crippen molar-refractivity contribution in [2.75, 3.05) is 11.1 Å². The van der Waals surface area contributed by atoms with E-state index in [-0.39, 0.29) is 17.2 Å². The van der Waals surface area contributed by atoms with Gasteiger partial charge in [-0.05, 0) is 38.3 Å². The van der Waals surface area contributed by atoms with Gasteiger partial charge >= 0.3 is 5.69 Å². The van der Waals surface area contributed by atoms with Crippen LogP contribution in [0.4, 0.5) is 5.69 Å². The lowest BCUT2D eigenvalue weighted by Gasteiger charge is -2.13. The molecular weight excluding hydrogens is 414 g/mol. The molecule has 0 bridgehead atoms. The van der Waals surface area contributed by atoms with Crippen LogP contribution in [0.5, 0.6) is 0 Å². The van der Waals surface area contributed by atoms with Gasteiger partial charge in [-0.25, -0.2) is 9.78 Å². The van der Waals surface area contributed by atoms with E-state index < -0.39 is 5.69 Å². The smallest absolute Gasteiger partial charge is 0.325 e. The number of fused-ring (bicyclic) bond motifs is 1. The second-order valence-corrected chi connectivity index (χ2v) is 8.83. The van der Waals surface area contributed by atoms with Crippen molar-refractivity contribution in [3.63, 3.8) is 0 Å². The molecule has 0 atom stereocenters. The van der Waals surface area contributed by atoms with Crippen LogP contribution in [-0.4, -0.2) is 30.3 Å². The molecule has 9 heteroatoms. The van der Waals surface area contributed by atoms with Crippen molar-refractivity contribution in [2.24, 2.45) is 14.1 Å². The number of nitrogens with zero attached hydrogens (tertiary/aromatic N) is 4. The summed E-state index contributed by atoms with van der Waals surface area (Å²) in [7, 11) is 3.07. The van der Waals surface area contributed by atoms with Gasteiger partial charge in [0, 0.05) is 26.3 Å². The average molecular weight is 444 g/mol. The molecule has 31 heavy (non-hydrogen) atoms. The number of thioether (sulfide) groups is 1. The molecule has 1 aromatic carbocycles. The number of amides is 1. The number of anilines is 1. The van der Waals surface area contributed by atoms with Crippen LogP contribution >= 0.6 is 11.8 Å². The van der Waals surface area contributed by atoms with Crippen LogP contribution in [0.1, 0.15) is 36.5 Å². The number of hydrogen-bond acceptors (Lipinski definition) is 5. The zero-order valence-electron chi connectivity index (χ0n) is 18.9. The van der Waals surface area contributed by atoms with E-state index in [4.69, 9.17) is 0 Å². The third-order valence-corrected chi connectivity index (χ3v) is 6.30. The molecule has 8 nitrogen and oxygen atoms in total. The lowest BCUT2D eigenvalue weighted by Crippen LogP contribution is -2.37. The van der Waals surface area contributed by atoms with Crippen LogP contribution in [0.2, 0.25) is 0 Å². The van der Waals surface area contributed by atoms with Gasteiger partial charge in [0.05, 0.1) is 5.75 Å². The Labute approximate surface area is 185 Å². The molecule has 0 aliphatic heterocycles. The Hall–Kier alpha value is -2.81. The second-order valence-electron chi connectivity index (χ2n) is 7.89. The Morgan fingerprint density at radius 3 is 2.35 bits per heavy atom. The fraction of sp³-hybridized carbons (Fsp3) is 0.455. The molecule has 0 aliphatic rings. The molecule has 0 aliphatic carbocycles. The zero-order chi connectivity index (χ0) is 22.9. The van der Waals surface area contributed by atoms with Crippen molar-refractivity contribution in [3.8, 4) is 0 Å². The van der Waals surface area contributed by atoms with E-state index in [0.717, 1.165) is 39.8 Å². The van der Waals surface area contributed by atoms with Crippen molar-refractivity contribution in [1.29, 1.82) is 0 Å². The van der Waals surface area contributed by atoms with Crippen molar-refractivity contribution in [2.45, 2.75) is 52.2 Å². The third kappa shape index (κ3) is 4.46. The fourth-order valence-corrected chi connectivity index (χ4v) is 4.56. The fourth-order valence-electron chi connectivity index (χ4n) is 3.74. The molecule has 2 heterocycles. The van der Waals surface area contributed by atoms with Gasteiger partial charge in [-0.15, -0.1) is 0 Å². The van der Waals surface area contributed by atoms with Gasteiger partial charge in [-0.3, -0.25) is 18.7 Å². The number of imidazole rings is 1. The highest BCUT2D eigenvalue weighted by Crippen LogP contribution is 2.25. The minimum absolute atomic E-state index is 0.143. The molecule has 0 radical (unpaired) electrons. The first kappa shape index (κ1) is 22.9. The maximum absolute atomic E-state index is 12.8. The SMILES string of the molecule is CCCCn1c(SCC(=O)Nc2c(C)cc(C)cc2C)nc2c1c(=O)n(C)c(=O)n2C. The number of nitrogens with one attached hydrogen (secondary N) is 1. The Kier molecular flexibility index (Phi) is 6.74. The van der Waals surface area contributed by atoms with E-state index in [1.807, 2.05) is 37.5 Å². The van der Waals surface area contributed by atoms with Gasteiger partial charge in [0.15, 0.2) is 16.3 Å². The third-order valence-electron chi connectivity index (χ3n) is 5.32. The number of carbonyl (C=O) groups excluding carboxylic acids is 1. The van der Waals surface area contributed by atoms with Crippen LogP contribution in [0.3, 0.4) is 0 Å². The lowest BCUT2D eigenvalue weighted by atomic mass is 10.1. The molecule has 0 saturated heterocycles. The Balaban J connectivity index is 1.91. The van der Waals surface area contributed by atoms with E-state index >= 15 is 0 Å². The second kappa shape index (κ2) is 9.13. The zero-order valence-corrected chi connectivity index (χ0v) is 19.7. The van der Waals surface area contributed by atoms with E-state index in [1.54, 1.807) is 7.05 Å². The summed E-state index contributed by atoms with van der Waals surface area (Å²) in [6.07, 6.45) is 1.81. The molecule has 2 aromatic heterocycles. The summed E-state index contributed by atoms with van der Waals surface area (Å²) in [5.74, 6) is 0.00662. The van der Waals surface area contributed by atoms with Crippen LogP contribution in [0.25, 0.3) is 11.2 Å². The minimum atomic E-state index is -0.419. The van der Waals surface area contributed by atoms with Crippen LogP contribution < -0.4 is 16.6 Å². The predicted molar refractivity (Wildman–Crippen MR) is 125 cm³/mol. The van der Waals surface area contributed by atoms with E-state index in [2.05, 4.69) is 17.2 Å². The van der Waals surface area contributed by atoms with Crippen LogP contribution in [0, 0.1) is 20.8 Å². The molecule has 0 fully saturated rings. The maximum Gasteiger partial charge on any atom is 0.332 e. The molecular formula is C22H29N5O3S. The summed E-state index contributed by atoms with van der Waals surface area (Å²) in [6, 6.07) is 4.08. The first-order chi connectivity index (χ1) is 14.6. The number of aryl methyl sites for hydroxylation is 5. The quantitative estimate of drug-likeness (QED) is 0.567. The van der Waals surface area contributed by atoms with Gasteiger partial charge in [0.25, 0.3) is 5.56 Å². The van der Waals surface area contributed by atoms with Crippen molar-refractivity contribution in [1.82, 2.24) is 18.7 Å². The summed E-state index contributed by atoms with van der Waals surface area (Å²) in [4.78, 5) is 42.3. The van der Waals surface area contributed by atoms with Crippen LogP contribution in [0.15, 0.2) is 26.9 Å². The van der Waals surface area contributed by atoms with Crippen molar-refractivity contribution < 1.29 is 4.79 Å². The first-order valence-electron chi connectivity index (χ1n) is 10.3. The largest absolute Gasteiger partial charge is 0.332 e. The molecule has 0 unspecified atom stereocenters. The van der Waals surface area contributed by atoms with Crippen molar-refractivity contribution >= 4 is 34.5 Å². The highest BCUT2D eigenvalue weighted by molar-refractivity contribution is 7.99. The van der Waals surface area contributed by atoms with Gasteiger partial charge in [0.2, 0.25) is 5.91 Å². The normalized spacial score (nSPS) is 11.3. The number of aromatic nitrogens is 4. The summed E-state index contributed by atoms with van der Waals surface area (Å²) in [5, 5.41) is 3.56. The van der Waals surface area contributed by atoms with E-state index in [0.29, 0.717) is 22.9 Å². The Morgan fingerprint density at radius 2 is 1.74 bits per heavy atom. The summed E-state index contributed by atoms with van der Waals surface area (Å²) in [6.45, 7) is 8.65. The topological polar surface area (TPSA) is 90.9 Å². The number of unbranched alkanes of at least 4 members (excludes halogenated alkanes) is 1. The van der Waals surface area contributed by atoms with E-state index in [9.17, 15) is 14.4 Å². The molecule has 3 aromatic rings. The molecule has 1 amide bonds. The monoisotopic (exact) mass is 443 g/mol. The Morgan fingerprint density at radius 1 is 1.10 bits per heavy atom. The number of rotatable bonds is 7. The maximum atomic E-state index is 12.8. The number of carbonyl (C=O) groups is 1. The molecule has 0 spiro atoms. The lowest BCUT2D eigenvalue weighted by molar-refractivity contribution is -0.113. The van der Waals surface area contributed by atoms with Crippen molar-refractivity contribution in [3.05, 3.63) is 49.7 Å². The molecule has 0 saturated carbocycles. The summed E-state index contributed by atoms with van der Waals surface area (Å²) < 4.78 is 4.31. The summed E-state index contributed by atoms with van der Waals surface area (Å²) >= 11 is 1.27. The number of benzene rings is 1. The Bertz CT molecular complexity index is 1250. The highest BCUT2D eigenvalue weighted by atomic mass is 32.2. The van der Waals surface area contributed by atoms with Gasteiger partial charge in [-0.1, -0.05) is 42.8 Å².